The van der Waals surface area contributed by atoms with Crippen LogP contribution in [0.1, 0.15) is 29.8 Å². The molecule has 0 aliphatic heterocycles. The smallest absolute Gasteiger partial charge is 0.251 e. The van der Waals surface area contributed by atoms with Gasteiger partial charge in [0, 0.05) is 23.9 Å². The monoisotopic (exact) mass is 236 g/mol. The molecule has 1 aromatic carbocycles. The van der Waals surface area contributed by atoms with Gasteiger partial charge in [-0.1, -0.05) is 0 Å². The van der Waals surface area contributed by atoms with Crippen molar-refractivity contribution < 1.29 is 9.53 Å². The first-order valence-electron chi connectivity index (χ1n) is 5.78. The van der Waals surface area contributed by atoms with Crippen molar-refractivity contribution in [2.45, 2.75) is 26.8 Å². The van der Waals surface area contributed by atoms with E-state index in [4.69, 9.17) is 10.5 Å². The summed E-state index contributed by atoms with van der Waals surface area (Å²) < 4.78 is 5.24. The number of rotatable bonds is 5. The SMILES string of the molecule is CCOCC(C)NC(=O)c1cc(C)cc(N)c1. The van der Waals surface area contributed by atoms with Gasteiger partial charge in [-0.15, -0.1) is 0 Å². The number of carbonyl (C=O) groups is 1. The summed E-state index contributed by atoms with van der Waals surface area (Å²) in [5, 5.41) is 2.87. The zero-order valence-corrected chi connectivity index (χ0v) is 10.6. The topological polar surface area (TPSA) is 64.3 Å². The number of benzene rings is 1. The van der Waals surface area contributed by atoms with Crippen LogP contribution in [0.25, 0.3) is 0 Å². The van der Waals surface area contributed by atoms with Gasteiger partial charge in [0.05, 0.1) is 6.61 Å². The minimum atomic E-state index is -0.118. The first-order valence-corrected chi connectivity index (χ1v) is 5.78. The van der Waals surface area contributed by atoms with E-state index >= 15 is 0 Å². The minimum Gasteiger partial charge on any atom is -0.399 e. The van der Waals surface area contributed by atoms with E-state index in [1.54, 1.807) is 6.07 Å². The van der Waals surface area contributed by atoms with E-state index in [0.29, 0.717) is 24.5 Å². The Bertz CT molecular complexity index is 371. The quantitative estimate of drug-likeness (QED) is 0.765. The second kappa shape index (κ2) is 6.25. The van der Waals surface area contributed by atoms with Crippen LogP contribution < -0.4 is 11.1 Å². The average molecular weight is 236 g/mol. The molecule has 1 atom stereocenters. The Morgan fingerprint density at radius 2 is 2.18 bits per heavy atom. The van der Waals surface area contributed by atoms with Crippen LogP contribution >= 0.6 is 0 Å². The molecular formula is C13H20N2O2. The van der Waals surface area contributed by atoms with Crippen molar-refractivity contribution in [2.24, 2.45) is 0 Å². The molecule has 17 heavy (non-hydrogen) atoms. The maximum Gasteiger partial charge on any atom is 0.251 e. The number of carbonyl (C=O) groups excluding carboxylic acids is 1. The molecule has 3 N–H and O–H groups in total. The van der Waals surface area contributed by atoms with Gasteiger partial charge in [-0.25, -0.2) is 0 Å². The van der Waals surface area contributed by atoms with Crippen LogP contribution in [0.5, 0.6) is 0 Å². The Hall–Kier alpha value is -1.55. The van der Waals surface area contributed by atoms with E-state index < -0.39 is 0 Å². The molecule has 1 unspecified atom stereocenters. The predicted molar refractivity (Wildman–Crippen MR) is 69.0 cm³/mol. The molecule has 0 aliphatic carbocycles. The maximum atomic E-state index is 11.9. The van der Waals surface area contributed by atoms with Gasteiger partial charge < -0.3 is 15.8 Å². The van der Waals surface area contributed by atoms with Crippen molar-refractivity contribution in [3.05, 3.63) is 29.3 Å². The molecule has 4 heteroatoms. The van der Waals surface area contributed by atoms with Gasteiger partial charge in [-0.3, -0.25) is 4.79 Å². The molecule has 0 heterocycles. The van der Waals surface area contributed by atoms with Crippen LogP contribution in [-0.2, 0) is 4.74 Å². The summed E-state index contributed by atoms with van der Waals surface area (Å²) >= 11 is 0. The van der Waals surface area contributed by atoms with Gasteiger partial charge in [0.15, 0.2) is 0 Å². The highest BCUT2D eigenvalue weighted by Crippen LogP contribution is 2.11. The molecule has 0 aromatic heterocycles. The highest BCUT2D eigenvalue weighted by atomic mass is 16.5. The van der Waals surface area contributed by atoms with Crippen LogP contribution in [0.4, 0.5) is 5.69 Å². The standard InChI is InChI=1S/C13H20N2O2/c1-4-17-8-10(3)15-13(16)11-5-9(2)6-12(14)7-11/h5-7,10H,4,8,14H2,1-3H3,(H,15,16). The number of amides is 1. The Morgan fingerprint density at radius 1 is 1.47 bits per heavy atom. The lowest BCUT2D eigenvalue weighted by atomic mass is 10.1. The molecule has 0 spiro atoms. The fraction of sp³-hybridized carbons (Fsp3) is 0.462. The number of anilines is 1. The molecule has 0 bridgehead atoms. The van der Waals surface area contributed by atoms with Gasteiger partial charge in [-0.2, -0.15) is 0 Å². The van der Waals surface area contributed by atoms with E-state index in [-0.39, 0.29) is 11.9 Å². The first-order chi connectivity index (χ1) is 8.02. The fourth-order valence-corrected chi connectivity index (χ4v) is 1.59. The molecule has 0 radical (unpaired) electrons. The molecule has 1 rings (SSSR count). The van der Waals surface area contributed by atoms with Crippen LogP contribution in [0, 0.1) is 6.92 Å². The van der Waals surface area contributed by atoms with E-state index in [0.717, 1.165) is 5.56 Å². The fourth-order valence-electron chi connectivity index (χ4n) is 1.59. The van der Waals surface area contributed by atoms with Crippen molar-refractivity contribution in [3.8, 4) is 0 Å². The third-order valence-electron chi connectivity index (χ3n) is 2.31. The zero-order valence-electron chi connectivity index (χ0n) is 10.6. The second-order valence-corrected chi connectivity index (χ2v) is 4.17. The highest BCUT2D eigenvalue weighted by Gasteiger charge is 2.10. The summed E-state index contributed by atoms with van der Waals surface area (Å²) in [5.74, 6) is -0.118. The van der Waals surface area contributed by atoms with E-state index in [9.17, 15) is 4.79 Å². The molecule has 0 saturated heterocycles. The lowest BCUT2D eigenvalue weighted by molar-refractivity contribution is 0.0872. The summed E-state index contributed by atoms with van der Waals surface area (Å²) in [4.78, 5) is 11.9. The Kier molecular flexibility index (Phi) is 4.97. The molecule has 0 fully saturated rings. The van der Waals surface area contributed by atoms with E-state index in [1.807, 2.05) is 32.9 Å². The lowest BCUT2D eigenvalue weighted by Gasteiger charge is -2.14. The van der Waals surface area contributed by atoms with Gasteiger partial charge in [0.1, 0.15) is 0 Å². The van der Waals surface area contributed by atoms with Crippen molar-refractivity contribution in [2.75, 3.05) is 18.9 Å². The molecular weight excluding hydrogens is 216 g/mol. The number of nitrogen functional groups attached to an aromatic ring is 1. The number of ether oxygens (including phenoxy) is 1. The summed E-state index contributed by atoms with van der Waals surface area (Å²) in [5.41, 5.74) is 7.88. The summed E-state index contributed by atoms with van der Waals surface area (Å²) in [6.07, 6.45) is 0. The van der Waals surface area contributed by atoms with Crippen molar-refractivity contribution in [3.63, 3.8) is 0 Å². The van der Waals surface area contributed by atoms with Gasteiger partial charge in [0.2, 0.25) is 0 Å². The van der Waals surface area contributed by atoms with Crippen molar-refractivity contribution in [1.29, 1.82) is 0 Å². The minimum absolute atomic E-state index is 0.0100. The summed E-state index contributed by atoms with van der Waals surface area (Å²) in [6, 6.07) is 5.32. The summed E-state index contributed by atoms with van der Waals surface area (Å²) in [6.45, 7) is 6.92. The highest BCUT2D eigenvalue weighted by molar-refractivity contribution is 5.95. The van der Waals surface area contributed by atoms with E-state index in [2.05, 4.69) is 5.32 Å². The number of aryl methyl sites for hydroxylation is 1. The number of nitrogens with two attached hydrogens (primary N) is 1. The number of hydrogen-bond donors (Lipinski definition) is 2. The van der Waals surface area contributed by atoms with Crippen LogP contribution in [0.3, 0.4) is 0 Å². The molecule has 4 nitrogen and oxygen atoms in total. The zero-order chi connectivity index (χ0) is 12.8. The van der Waals surface area contributed by atoms with Gasteiger partial charge in [0.25, 0.3) is 5.91 Å². The molecule has 0 saturated carbocycles. The molecule has 94 valence electrons. The van der Waals surface area contributed by atoms with Crippen LogP contribution in [0.15, 0.2) is 18.2 Å². The average Bonchev–Trinajstić information content (AvgIpc) is 2.25. The van der Waals surface area contributed by atoms with Crippen molar-refractivity contribution in [1.82, 2.24) is 5.32 Å². The Morgan fingerprint density at radius 3 is 2.76 bits per heavy atom. The number of hydrogen-bond acceptors (Lipinski definition) is 3. The number of nitrogens with one attached hydrogen (secondary N) is 1. The largest absolute Gasteiger partial charge is 0.399 e. The third kappa shape index (κ3) is 4.44. The second-order valence-electron chi connectivity index (χ2n) is 4.17. The van der Waals surface area contributed by atoms with Crippen LogP contribution in [-0.4, -0.2) is 25.2 Å². The molecule has 1 aromatic rings. The molecule has 0 aliphatic rings. The normalized spacial score (nSPS) is 12.2. The lowest BCUT2D eigenvalue weighted by Crippen LogP contribution is -2.35. The van der Waals surface area contributed by atoms with E-state index in [1.165, 1.54) is 0 Å². The Labute approximate surface area is 102 Å². The Balaban J connectivity index is 2.63. The summed E-state index contributed by atoms with van der Waals surface area (Å²) in [7, 11) is 0. The van der Waals surface area contributed by atoms with Crippen molar-refractivity contribution >= 4 is 11.6 Å². The maximum absolute atomic E-state index is 11.9. The first kappa shape index (κ1) is 13.5. The third-order valence-corrected chi connectivity index (χ3v) is 2.31. The predicted octanol–water partition coefficient (Wildman–Crippen LogP) is 1.73. The van der Waals surface area contributed by atoms with Gasteiger partial charge in [-0.05, 0) is 44.5 Å². The molecule has 1 amide bonds. The van der Waals surface area contributed by atoms with Gasteiger partial charge >= 0.3 is 0 Å². The van der Waals surface area contributed by atoms with Crippen LogP contribution in [0.2, 0.25) is 0 Å².